The molecule has 5 nitrogen and oxygen atoms in total. The Hall–Kier alpha value is -1.07. The highest BCUT2D eigenvalue weighted by molar-refractivity contribution is 14.1. The highest BCUT2D eigenvalue weighted by atomic mass is 127. The van der Waals surface area contributed by atoms with Crippen LogP contribution in [0.4, 0.5) is 0 Å². The van der Waals surface area contributed by atoms with Crippen molar-refractivity contribution >= 4 is 51.2 Å². The normalized spacial score (nSPS) is 11.3. The van der Waals surface area contributed by atoms with Crippen molar-refractivity contribution in [3.63, 3.8) is 0 Å². The number of halogens is 2. The maximum absolute atomic E-state index is 11.5. The van der Waals surface area contributed by atoms with Crippen molar-refractivity contribution in [3.8, 4) is 17.2 Å². The SMILES string of the molecule is C.COC(=O)C([NH3+])Cc1cc(I)c(Oc2ccc(O)cc2)c(I)c1. The lowest BCUT2D eigenvalue weighted by molar-refractivity contribution is -0.407. The molecular formula is C17H20I2NO4+. The number of benzene rings is 2. The zero-order valence-corrected chi connectivity index (χ0v) is 16.7. The first-order chi connectivity index (χ1) is 10.9. The van der Waals surface area contributed by atoms with Gasteiger partial charge in [0.15, 0.2) is 11.8 Å². The summed E-state index contributed by atoms with van der Waals surface area (Å²) in [5, 5.41) is 9.32. The molecule has 2 aromatic carbocycles. The van der Waals surface area contributed by atoms with Crippen LogP contribution in [0.25, 0.3) is 0 Å². The second-order valence-electron chi connectivity index (χ2n) is 4.91. The Morgan fingerprint density at radius 1 is 1.21 bits per heavy atom. The summed E-state index contributed by atoms with van der Waals surface area (Å²) in [4.78, 5) is 11.5. The van der Waals surface area contributed by atoms with Crippen LogP contribution < -0.4 is 10.5 Å². The Balaban J connectivity index is 0.00000288. The fourth-order valence-corrected chi connectivity index (χ4v) is 4.11. The number of carbonyl (C=O) groups excluding carboxylic acids is 1. The smallest absolute Gasteiger partial charge is 0.364 e. The summed E-state index contributed by atoms with van der Waals surface area (Å²) in [6.45, 7) is 0. The van der Waals surface area contributed by atoms with Gasteiger partial charge in [-0.05, 0) is 87.1 Å². The fraction of sp³-hybridized carbons (Fsp3) is 0.235. The maximum atomic E-state index is 11.5. The molecule has 1 atom stereocenters. The Bertz CT molecular complexity index is 681. The average Bonchev–Trinajstić information content (AvgIpc) is 2.51. The fourth-order valence-electron chi connectivity index (χ4n) is 1.99. The molecule has 4 N–H and O–H groups in total. The topological polar surface area (TPSA) is 83.4 Å². The summed E-state index contributed by atoms with van der Waals surface area (Å²) >= 11 is 4.41. The summed E-state index contributed by atoms with van der Waals surface area (Å²) in [5.74, 6) is 1.27. The summed E-state index contributed by atoms with van der Waals surface area (Å²) in [5.41, 5.74) is 4.83. The number of phenolic OH excluding ortho intramolecular Hbond substituents is 1. The molecule has 0 radical (unpaired) electrons. The standard InChI is InChI=1S/C16H15I2NO4.CH4/c1-22-16(21)14(19)8-9-6-12(17)15(13(18)7-9)23-11-4-2-10(20)3-5-11;/h2-7,14,20H,8,19H2,1H3;1H4/p+1. The third-order valence-electron chi connectivity index (χ3n) is 3.13. The minimum absolute atomic E-state index is 0. The minimum atomic E-state index is -0.435. The number of ether oxygens (including phenoxy) is 2. The van der Waals surface area contributed by atoms with E-state index in [0.29, 0.717) is 12.2 Å². The molecule has 0 bridgehead atoms. The van der Waals surface area contributed by atoms with Gasteiger partial charge in [0.25, 0.3) is 0 Å². The molecule has 0 aliphatic rings. The molecule has 0 saturated heterocycles. The number of carbonyl (C=O) groups is 1. The zero-order chi connectivity index (χ0) is 17.0. The number of quaternary nitrogens is 1. The molecule has 0 heterocycles. The van der Waals surface area contributed by atoms with Gasteiger partial charge in [-0.1, -0.05) is 7.43 Å². The molecule has 0 amide bonds. The van der Waals surface area contributed by atoms with Crippen molar-refractivity contribution in [2.75, 3.05) is 7.11 Å². The lowest BCUT2D eigenvalue weighted by atomic mass is 10.1. The second-order valence-corrected chi connectivity index (χ2v) is 7.23. The van der Waals surface area contributed by atoms with Crippen molar-refractivity contribution in [2.24, 2.45) is 0 Å². The monoisotopic (exact) mass is 556 g/mol. The molecule has 0 aliphatic carbocycles. The van der Waals surface area contributed by atoms with Crippen LogP contribution in [0, 0.1) is 7.14 Å². The van der Waals surface area contributed by atoms with Crippen LogP contribution in [-0.2, 0) is 16.0 Å². The van der Waals surface area contributed by atoms with Crippen molar-refractivity contribution in [1.29, 1.82) is 0 Å². The molecule has 0 fully saturated rings. The van der Waals surface area contributed by atoms with Crippen LogP contribution in [0.3, 0.4) is 0 Å². The van der Waals surface area contributed by atoms with E-state index in [-0.39, 0.29) is 19.1 Å². The van der Waals surface area contributed by atoms with Crippen LogP contribution in [0.1, 0.15) is 13.0 Å². The zero-order valence-electron chi connectivity index (χ0n) is 12.4. The molecule has 130 valence electrons. The molecule has 2 aromatic rings. The van der Waals surface area contributed by atoms with Gasteiger partial charge >= 0.3 is 5.97 Å². The van der Waals surface area contributed by atoms with E-state index in [4.69, 9.17) is 9.47 Å². The largest absolute Gasteiger partial charge is 0.508 e. The van der Waals surface area contributed by atoms with E-state index in [1.807, 2.05) is 12.1 Å². The van der Waals surface area contributed by atoms with Crippen molar-refractivity contribution in [2.45, 2.75) is 19.9 Å². The van der Waals surface area contributed by atoms with Crippen LogP contribution in [-0.4, -0.2) is 24.2 Å². The number of phenols is 1. The summed E-state index contributed by atoms with van der Waals surface area (Å²) in [7, 11) is 1.36. The van der Waals surface area contributed by atoms with Gasteiger partial charge < -0.3 is 20.3 Å². The predicted molar refractivity (Wildman–Crippen MR) is 109 cm³/mol. The van der Waals surface area contributed by atoms with Gasteiger partial charge in [-0.3, -0.25) is 0 Å². The first kappa shape index (κ1) is 21.0. The molecule has 1 unspecified atom stereocenters. The molecule has 0 spiro atoms. The first-order valence-corrected chi connectivity index (χ1v) is 8.92. The first-order valence-electron chi connectivity index (χ1n) is 6.76. The minimum Gasteiger partial charge on any atom is -0.508 e. The van der Waals surface area contributed by atoms with E-state index in [0.717, 1.165) is 18.5 Å². The average molecular weight is 556 g/mol. The molecule has 0 aliphatic heterocycles. The molecule has 0 saturated carbocycles. The summed E-state index contributed by atoms with van der Waals surface area (Å²) in [6, 6.07) is 10.1. The van der Waals surface area contributed by atoms with Gasteiger partial charge in [-0.2, -0.15) is 0 Å². The van der Waals surface area contributed by atoms with Gasteiger partial charge in [0.05, 0.1) is 14.3 Å². The van der Waals surface area contributed by atoms with Crippen LogP contribution >= 0.6 is 45.2 Å². The van der Waals surface area contributed by atoms with E-state index in [1.165, 1.54) is 7.11 Å². The van der Waals surface area contributed by atoms with Crippen molar-refractivity contribution < 1.29 is 25.1 Å². The third-order valence-corrected chi connectivity index (χ3v) is 4.73. The Morgan fingerprint density at radius 2 is 1.75 bits per heavy atom. The van der Waals surface area contributed by atoms with Gasteiger partial charge in [0.1, 0.15) is 11.5 Å². The number of rotatable bonds is 5. The summed E-state index contributed by atoms with van der Waals surface area (Å²) < 4.78 is 12.5. The van der Waals surface area contributed by atoms with Gasteiger partial charge in [0, 0.05) is 6.42 Å². The predicted octanol–water partition coefficient (Wildman–Crippen LogP) is 3.36. The van der Waals surface area contributed by atoms with Crippen molar-refractivity contribution in [1.82, 2.24) is 0 Å². The molecule has 7 heteroatoms. The van der Waals surface area contributed by atoms with Crippen molar-refractivity contribution in [3.05, 3.63) is 49.1 Å². The van der Waals surface area contributed by atoms with Crippen LogP contribution in [0.15, 0.2) is 36.4 Å². The van der Waals surface area contributed by atoms with E-state index in [9.17, 15) is 9.90 Å². The maximum Gasteiger partial charge on any atom is 0.364 e. The molecule has 24 heavy (non-hydrogen) atoms. The van der Waals surface area contributed by atoms with Gasteiger partial charge in [-0.25, -0.2) is 4.79 Å². The molecular weight excluding hydrogens is 536 g/mol. The second kappa shape index (κ2) is 9.42. The highest BCUT2D eigenvalue weighted by Crippen LogP contribution is 2.33. The highest BCUT2D eigenvalue weighted by Gasteiger charge is 2.20. The lowest BCUT2D eigenvalue weighted by Crippen LogP contribution is -2.66. The molecule has 0 aromatic heterocycles. The number of hydrogen-bond acceptors (Lipinski definition) is 4. The lowest BCUT2D eigenvalue weighted by Gasteiger charge is -2.13. The number of aromatic hydroxyl groups is 1. The number of hydrogen-bond donors (Lipinski definition) is 2. The number of methoxy groups -OCH3 is 1. The van der Waals surface area contributed by atoms with Crippen LogP contribution in [0.2, 0.25) is 0 Å². The Morgan fingerprint density at radius 3 is 2.25 bits per heavy atom. The summed E-state index contributed by atoms with van der Waals surface area (Å²) in [6.07, 6.45) is 0.512. The van der Waals surface area contributed by atoms with Gasteiger partial charge in [0.2, 0.25) is 0 Å². The van der Waals surface area contributed by atoms with E-state index in [2.05, 4.69) is 50.9 Å². The van der Waals surface area contributed by atoms with E-state index in [1.54, 1.807) is 24.3 Å². The van der Waals surface area contributed by atoms with Gasteiger partial charge in [-0.15, -0.1) is 0 Å². The van der Waals surface area contributed by atoms with E-state index < -0.39 is 6.04 Å². The van der Waals surface area contributed by atoms with Crippen LogP contribution in [0.5, 0.6) is 17.2 Å². The Kier molecular flexibility index (Phi) is 8.23. The molecule has 2 rings (SSSR count). The number of esters is 1. The third kappa shape index (κ3) is 5.49. The van der Waals surface area contributed by atoms with E-state index >= 15 is 0 Å². The Labute approximate surface area is 168 Å². The quantitative estimate of drug-likeness (QED) is 0.438.